The van der Waals surface area contributed by atoms with E-state index in [1.165, 1.54) is 43.4 Å². The van der Waals surface area contributed by atoms with E-state index in [1.807, 2.05) is 0 Å². The van der Waals surface area contributed by atoms with Gasteiger partial charge in [0.05, 0.1) is 11.4 Å². The fourth-order valence-electron chi connectivity index (χ4n) is 2.42. The Morgan fingerprint density at radius 3 is 2.64 bits per heavy atom. The summed E-state index contributed by atoms with van der Waals surface area (Å²) in [6.45, 7) is 2.71. The first-order chi connectivity index (χ1) is 6.83. The Labute approximate surface area is 85.1 Å². The van der Waals surface area contributed by atoms with Crippen molar-refractivity contribution < 1.29 is 0 Å². The van der Waals surface area contributed by atoms with Crippen molar-refractivity contribution >= 4 is 0 Å². The number of nitrogens with zero attached hydrogens (tertiary/aromatic N) is 1. The summed E-state index contributed by atoms with van der Waals surface area (Å²) in [5, 5.41) is 7.45. The Balaban J connectivity index is 2.18. The molecule has 0 atom stereocenters. The second-order valence-corrected chi connectivity index (χ2v) is 4.25. The SMILES string of the molecule is Cc1c(C2CCCCC2)n[nH]c1CN. The van der Waals surface area contributed by atoms with Crippen molar-refractivity contribution in [2.24, 2.45) is 5.73 Å². The molecule has 0 spiro atoms. The lowest BCUT2D eigenvalue weighted by molar-refractivity contribution is 0.435. The predicted molar refractivity (Wildman–Crippen MR) is 57.0 cm³/mol. The van der Waals surface area contributed by atoms with Crippen LogP contribution in [0.5, 0.6) is 0 Å². The van der Waals surface area contributed by atoms with Gasteiger partial charge in [-0.3, -0.25) is 5.10 Å². The lowest BCUT2D eigenvalue weighted by Crippen LogP contribution is -2.06. The molecule has 3 N–H and O–H groups in total. The second kappa shape index (κ2) is 4.13. The maximum Gasteiger partial charge on any atom is 0.0685 e. The zero-order valence-corrected chi connectivity index (χ0v) is 8.84. The normalized spacial score (nSPS) is 18.7. The van der Waals surface area contributed by atoms with Crippen LogP contribution in [0, 0.1) is 6.92 Å². The van der Waals surface area contributed by atoms with Crippen LogP contribution in [0.4, 0.5) is 0 Å². The van der Waals surface area contributed by atoms with E-state index in [-0.39, 0.29) is 0 Å². The fourth-order valence-corrected chi connectivity index (χ4v) is 2.42. The second-order valence-electron chi connectivity index (χ2n) is 4.25. The number of hydrogen-bond donors (Lipinski definition) is 2. The molecule has 1 aliphatic rings. The molecule has 1 aliphatic carbocycles. The molecule has 0 bridgehead atoms. The number of nitrogens with one attached hydrogen (secondary N) is 1. The van der Waals surface area contributed by atoms with Gasteiger partial charge in [-0.25, -0.2) is 0 Å². The van der Waals surface area contributed by atoms with Gasteiger partial charge < -0.3 is 5.73 Å². The van der Waals surface area contributed by atoms with Crippen molar-refractivity contribution in [3.8, 4) is 0 Å². The van der Waals surface area contributed by atoms with Gasteiger partial charge in [0, 0.05) is 12.5 Å². The van der Waals surface area contributed by atoms with Crippen molar-refractivity contribution in [3.05, 3.63) is 17.0 Å². The average Bonchev–Trinajstić information content (AvgIpc) is 2.61. The van der Waals surface area contributed by atoms with Crippen LogP contribution in [-0.2, 0) is 6.54 Å². The summed E-state index contributed by atoms with van der Waals surface area (Å²) in [5.41, 5.74) is 9.28. The van der Waals surface area contributed by atoms with Gasteiger partial charge >= 0.3 is 0 Å². The Kier molecular flexibility index (Phi) is 2.87. The first kappa shape index (κ1) is 9.71. The van der Waals surface area contributed by atoms with Crippen LogP contribution in [0.15, 0.2) is 0 Å². The molecule has 1 aromatic rings. The van der Waals surface area contributed by atoms with Crippen molar-refractivity contribution in [1.82, 2.24) is 10.2 Å². The molecule has 78 valence electrons. The van der Waals surface area contributed by atoms with Crippen LogP contribution in [0.3, 0.4) is 0 Å². The number of H-pyrrole nitrogens is 1. The maximum absolute atomic E-state index is 5.62. The molecule has 0 saturated heterocycles. The van der Waals surface area contributed by atoms with Crippen LogP contribution in [0.1, 0.15) is 55.0 Å². The van der Waals surface area contributed by atoms with E-state index in [9.17, 15) is 0 Å². The highest BCUT2D eigenvalue weighted by molar-refractivity contribution is 5.26. The molecular formula is C11H19N3. The van der Waals surface area contributed by atoms with Gasteiger partial charge in [0.25, 0.3) is 0 Å². The molecule has 14 heavy (non-hydrogen) atoms. The molecule has 0 unspecified atom stereocenters. The standard InChI is InChI=1S/C11H19N3/c1-8-10(7-12)13-14-11(8)9-5-3-2-4-6-9/h9H,2-7,12H2,1H3,(H,13,14). The van der Waals surface area contributed by atoms with Gasteiger partial charge in [0.15, 0.2) is 0 Å². The summed E-state index contributed by atoms with van der Waals surface area (Å²) >= 11 is 0. The van der Waals surface area contributed by atoms with Crippen LogP contribution in [0.25, 0.3) is 0 Å². The molecule has 1 aromatic heterocycles. The summed E-state index contributed by atoms with van der Waals surface area (Å²) < 4.78 is 0. The van der Waals surface area contributed by atoms with E-state index in [0.29, 0.717) is 12.5 Å². The Morgan fingerprint density at radius 1 is 1.36 bits per heavy atom. The average molecular weight is 193 g/mol. The smallest absolute Gasteiger partial charge is 0.0685 e. The lowest BCUT2D eigenvalue weighted by atomic mass is 9.85. The Bertz CT molecular complexity index is 297. The lowest BCUT2D eigenvalue weighted by Gasteiger charge is -2.20. The highest BCUT2D eigenvalue weighted by atomic mass is 15.1. The van der Waals surface area contributed by atoms with Gasteiger partial charge in [0.2, 0.25) is 0 Å². The van der Waals surface area contributed by atoms with Gasteiger partial charge in [-0.15, -0.1) is 0 Å². The van der Waals surface area contributed by atoms with Crippen LogP contribution in [-0.4, -0.2) is 10.2 Å². The third-order valence-corrected chi connectivity index (χ3v) is 3.34. The first-order valence-corrected chi connectivity index (χ1v) is 5.56. The third-order valence-electron chi connectivity index (χ3n) is 3.34. The zero-order chi connectivity index (χ0) is 9.97. The van der Waals surface area contributed by atoms with Crippen LogP contribution in [0.2, 0.25) is 0 Å². The number of hydrogen-bond acceptors (Lipinski definition) is 2. The molecule has 1 saturated carbocycles. The van der Waals surface area contributed by atoms with Crippen molar-refractivity contribution in [2.45, 2.75) is 51.5 Å². The largest absolute Gasteiger partial charge is 0.325 e. The minimum Gasteiger partial charge on any atom is -0.325 e. The van der Waals surface area contributed by atoms with E-state index in [4.69, 9.17) is 5.73 Å². The molecule has 3 nitrogen and oxygen atoms in total. The molecular weight excluding hydrogens is 174 g/mol. The van der Waals surface area contributed by atoms with Crippen molar-refractivity contribution in [2.75, 3.05) is 0 Å². The highest BCUT2D eigenvalue weighted by Crippen LogP contribution is 2.33. The summed E-state index contributed by atoms with van der Waals surface area (Å²) in [6, 6.07) is 0. The third kappa shape index (κ3) is 1.69. The molecule has 0 aromatic carbocycles. The summed E-state index contributed by atoms with van der Waals surface area (Å²) in [4.78, 5) is 0. The number of aromatic amines is 1. The van der Waals surface area contributed by atoms with Crippen molar-refractivity contribution in [3.63, 3.8) is 0 Å². The van der Waals surface area contributed by atoms with E-state index >= 15 is 0 Å². The monoisotopic (exact) mass is 193 g/mol. The Hall–Kier alpha value is -0.830. The maximum atomic E-state index is 5.62. The van der Waals surface area contributed by atoms with Gasteiger partial charge in [-0.1, -0.05) is 19.3 Å². The van der Waals surface area contributed by atoms with Gasteiger partial charge in [0.1, 0.15) is 0 Å². The zero-order valence-electron chi connectivity index (χ0n) is 8.84. The first-order valence-electron chi connectivity index (χ1n) is 5.56. The molecule has 3 heteroatoms. The Morgan fingerprint density at radius 2 is 2.07 bits per heavy atom. The number of nitrogens with two attached hydrogens (primary N) is 1. The quantitative estimate of drug-likeness (QED) is 0.756. The van der Waals surface area contributed by atoms with Gasteiger partial charge in [-0.05, 0) is 25.3 Å². The summed E-state index contributed by atoms with van der Waals surface area (Å²) in [5.74, 6) is 0.681. The summed E-state index contributed by atoms with van der Waals surface area (Å²) in [6.07, 6.45) is 6.71. The number of rotatable bonds is 2. The number of aromatic nitrogens is 2. The van der Waals surface area contributed by atoms with Crippen LogP contribution < -0.4 is 5.73 Å². The molecule has 0 amide bonds. The minimum absolute atomic E-state index is 0.575. The molecule has 1 fully saturated rings. The van der Waals surface area contributed by atoms with E-state index < -0.39 is 0 Å². The topological polar surface area (TPSA) is 54.7 Å². The van der Waals surface area contributed by atoms with Gasteiger partial charge in [-0.2, -0.15) is 5.10 Å². The highest BCUT2D eigenvalue weighted by Gasteiger charge is 2.20. The molecule has 2 rings (SSSR count). The minimum atomic E-state index is 0.575. The predicted octanol–water partition coefficient (Wildman–Crippen LogP) is 2.22. The van der Waals surface area contributed by atoms with E-state index in [1.54, 1.807) is 0 Å². The van der Waals surface area contributed by atoms with Crippen molar-refractivity contribution in [1.29, 1.82) is 0 Å². The molecule has 0 aliphatic heterocycles. The van der Waals surface area contributed by atoms with Crippen LogP contribution >= 0.6 is 0 Å². The van der Waals surface area contributed by atoms with E-state index in [2.05, 4.69) is 17.1 Å². The molecule has 0 radical (unpaired) electrons. The molecule has 1 heterocycles. The van der Waals surface area contributed by atoms with E-state index in [0.717, 1.165) is 5.69 Å². The summed E-state index contributed by atoms with van der Waals surface area (Å²) in [7, 11) is 0. The fraction of sp³-hybridized carbons (Fsp3) is 0.727.